The van der Waals surface area contributed by atoms with Gasteiger partial charge >= 0.3 is 5.97 Å². The number of esters is 1. The van der Waals surface area contributed by atoms with Crippen molar-refractivity contribution < 1.29 is 33.3 Å². The molecule has 0 radical (unpaired) electrons. The fraction of sp³-hybridized carbons (Fsp3) is 0.364. The second-order valence-corrected chi connectivity index (χ2v) is 6.41. The average Bonchev–Trinajstić information content (AvgIpc) is 2.75. The summed E-state index contributed by atoms with van der Waals surface area (Å²) < 4.78 is 26.8. The molecule has 0 saturated heterocycles. The van der Waals surface area contributed by atoms with Gasteiger partial charge in [-0.25, -0.2) is 4.79 Å². The van der Waals surface area contributed by atoms with Crippen LogP contribution in [-0.2, 0) is 9.53 Å². The maximum absolute atomic E-state index is 12.8. The van der Waals surface area contributed by atoms with Gasteiger partial charge in [0.1, 0.15) is 11.9 Å². The number of carbonyl (C=O) groups excluding carboxylic acids is 2. The first-order valence-electron chi connectivity index (χ1n) is 9.01. The monoisotopic (exact) mass is 402 g/mol. The normalized spacial score (nSPS) is 12.5. The lowest BCUT2D eigenvalue weighted by molar-refractivity contribution is -0.123. The summed E-state index contributed by atoms with van der Waals surface area (Å²) in [5, 5.41) is 0. The minimum atomic E-state index is -0.798. The van der Waals surface area contributed by atoms with Crippen LogP contribution in [0, 0.1) is 5.92 Å². The van der Waals surface area contributed by atoms with Crippen LogP contribution in [0.3, 0.4) is 0 Å². The molecule has 2 aromatic carbocycles. The van der Waals surface area contributed by atoms with Gasteiger partial charge in [-0.1, -0.05) is 13.0 Å². The van der Waals surface area contributed by atoms with E-state index in [-0.39, 0.29) is 11.3 Å². The average molecular weight is 402 g/mol. The van der Waals surface area contributed by atoms with Gasteiger partial charge in [0.25, 0.3) is 0 Å². The molecule has 7 heteroatoms. The molecule has 156 valence electrons. The molecule has 2 atom stereocenters. The SMILES string of the molecule is COc1ccc(C(=O)O[C@H](c2ccc(OC)c(OC)c2)[C@@H](C)C(C)=O)cc1OC. The van der Waals surface area contributed by atoms with Crippen LogP contribution < -0.4 is 18.9 Å². The molecule has 7 nitrogen and oxygen atoms in total. The Kier molecular flexibility index (Phi) is 7.47. The summed E-state index contributed by atoms with van der Waals surface area (Å²) in [6, 6.07) is 9.88. The van der Waals surface area contributed by atoms with Crippen LogP contribution in [0.25, 0.3) is 0 Å². The van der Waals surface area contributed by atoms with Crippen LogP contribution >= 0.6 is 0 Å². The Morgan fingerprint density at radius 2 is 1.28 bits per heavy atom. The highest BCUT2D eigenvalue weighted by Crippen LogP contribution is 2.35. The fourth-order valence-corrected chi connectivity index (χ4v) is 2.85. The van der Waals surface area contributed by atoms with E-state index in [0.717, 1.165) is 0 Å². The van der Waals surface area contributed by atoms with Gasteiger partial charge in [0.2, 0.25) is 0 Å². The Morgan fingerprint density at radius 1 is 0.759 bits per heavy atom. The highest BCUT2D eigenvalue weighted by Gasteiger charge is 2.28. The minimum absolute atomic E-state index is 0.107. The molecule has 0 unspecified atom stereocenters. The molecule has 0 aliphatic carbocycles. The van der Waals surface area contributed by atoms with Crippen LogP contribution in [0.2, 0.25) is 0 Å². The van der Waals surface area contributed by atoms with E-state index in [0.29, 0.717) is 28.6 Å². The van der Waals surface area contributed by atoms with Crippen molar-refractivity contribution in [3.05, 3.63) is 47.5 Å². The summed E-state index contributed by atoms with van der Waals surface area (Å²) in [6.45, 7) is 3.17. The molecule has 0 heterocycles. The summed E-state index contributed by atoms with van der Waals surface area (Å²) in [6.07, 6.45) is -0.798. The Morgan fingerprint density at radius 3 is 1.79 bits per heavy atom. The third-order valence-electron chi connectivity index (χ3n) is 4.68. The number of Topliss-reactive ketones (excluding diaryl/α,β-unsaturated/α-hetero) is 1. The second-order valence-electron chi connectivity index (χ2n) is 6.41. The molecular weight excluding hydrogens is 376 g/mol. The number of hydrogen-bond acceptors (Lipinski definition) is 7. The van der Waals surface area contributed by atoms with Crippen LogP contribution in [0.5, 0.6) is 23.0 Å². The second kappa shape index (κ2) is 9.82. The molecular formula is C22H26O7. The van der Waals surface area contributed by atoms with E-state index in [2.05, 4.69) is 0 Å². The van der Waals surface area contributed by atoms with E-state index in [1.165, 1.54) is 41.4 Å². The molecule has 0 N–H and O–H groups in total. The van der Waals surface area contributed by atoms with Crippen molar-refractivity contribution in [1.29, 1.82) is 0 Å². The van der Waals surface area contributed by atoms with E-state index in [1.54, 1.807) is 37.3 Å². The predicted octanol–water partition coefficient (Wildman–Crippen LogP) is 3.84. The van der Waals surface area contributed by atoms with Gasteiger partial charge in [-0.3, -0.25) is 4.79 Å². The third-order valence-corrected chi connectivity index (χ3v) is 4.68. The van der Waals surface area contributed by atoms with Crippen molar-refractivity contribution in [2.24, 2.45) is 5.92 Å². The van der Waals surface area contributed by atoms with Crippen molar-refractivity contribution in [2.75, 3.05) is 28.4 Å². The number of hydrogen-bond donors (Lipinski definition) is 0. The molecule has 2 aromatic rings. The van der Waals surface area contributed by atoms with Crippen molar-refractivity contribution in [3.8, 4) is 23.0 Å². The summed E-state index contributed by atoms with van der Waals surface area (Å²) in [5.74, 6) is 0.673. The van der Waals surface area contributed by atoms with Gasteiger partial charge in [0, 0.05) is 0 Å². The number of benzene rings is 2. The summed E-state index contributed by atoms with van der Waals surface area (Å²) >= 11 is 0. The lowest BCUT2D eigenvalue weighted by atomic mass is 9.93. The van der Waals surface area contributed by atoms with Gasteiger partial charge in [-0.2, -0.15) is 0 Å². The van der Waals surface area contributed by atoms with E-state index in [9.17, 15) is 9.59 Å². The molecule has 0 bridgehead atoms. The third kappa shape index (κ3) is 4.99. The lowest BCUT2D eigenvalue weighted by Gasteiger charge is -2.24. The highest BCUT2D eigenvalue weighted by molar-refractivity contribution is 5.91. The Labute approximate surface area is 170 Å². The molecule has 0 spiro atoms. The zero-order valence-electron chi connectivity index (χ0n) is 17.5. The van der Waals surface area contributed by atoms with E-state index in [1.807, 2.05) is 0 Å². The minimum Gasteiger partial charge on any atom is -0.493 e. The molecule has 0 aliphatic heterocycles. The lowest BCUT2D eigenvalue weighted by Crippen LogP contribution is -2.23. The molecule has 2 rings (SSSR count). The van der Waals surface area contributed by atoms with Crippen LogP contribution in [0.1, 0.15) is 35.9 Å². The Balaban J connectivity index is 2.39. The predicted molar refractivity (Wildman–Crippen MR) is 107 cm³/mol. The smallest absolute Gasteiger partial charge is 0.338 e. The molecule has 0 amide bonds. The highest BCUT2D eigenvalue weighted by atomic mass is 16.5. The van der Waals surface area contributed by atoms with Crippen molar-refractivity contribution >= 4 is 11.8 Å². The summed E-state index contributed by atoms with van der Waals surface area (Å²) in [7, 11) is 6.04. The number of methoxy groups -OCH3 is 4. The van der Waals surface area contributed by atoms with E-state index < -0.39 is 18.0 Å². The van der Waals surface area contributed by atoms with E-state index >= 15 is 0 Å². The summed E-state index contributed by atoms with van der Waals surface area (Å²) in [4.78, 5) is 24.9. The van der Waals surface area contributed by atoms with Gasteiger partial charge in [0.05, 0.1) is 39.9 Å². The molecule has 0 fully saturated rings. The maximum atomic E-state index is 12.8. The summed E-state index contributed by atoms with van der Waals surface area (Å²) in [5.41, 5.74) is 0.906. The van der Waals surface area contributed by atoms with Crippen LogP contribution in [0.4, 0.5) is 0 Å². The van der Waals surface area contributed by atoms with Crippen LogP contribution in [0.15, 0.2) is 36.4 Å². The number of ketones is 1. The standard InChI is InChI=1S/C22H26O7/c1-13(14(2)23)21(15-7-9-17(25-3)19(11-15)27-5)29-22(24)16-8-10-18(26-4)20(12-16)28-6/h7-13,21H,1-6H3/t13-,21-/m0/s1. The Bertz CT molecular complexity index is 875. The van der Waals surface area contributed by atoms with Gasteiger partial charge in [0.15, 0.2) is 23.0 Å². The molecule has 29 heavy (non-hydrogen) atoms. The first-order chi connectivity index (χ1) is 13.9. The molecule has 0 saturated carbocycles. The van der Waals surface area contributed by atoms with E-state index in [4.69, 9.17) is 23.7 Å². The fourth-order valence-electron chi connectivity index (χ4n) is 2.85. The van der Waals surface area contributed by atoms with Crippen molar-refractivity contribution in [2.45, 2.75) is 20.0 Å². The Hall–Kier alpha value is -3.22. The number of ether oxygens (including phenoxy) is 5. The maximum Gasteiger partial charge on any atom is 0.338 e. The largest absolute Gasteiger partial charge is 0.493 e. The van der Waals surface area contributed by atoms with Crippen LogP contribution in [-0.4, -0.2) is 40.2 Å². The van der Waals surface area contributed by atoms with Gasteiger partial charge in [-0.15, -0.1) is 0 Å². The van der Waals surface area contributed by atoms with Gasteiger partial charge in [-0.05, 0) is 42.8 Å². The first-order valence-corrected chi connectivity index (χ1v) is 9.01. The molecule has 0 aromatic heterocycles. The van der Waals surface area contributed by atoms with Crippen molar-refractivity contribution in [3.63, 3.8) is 0 Å². The zero-order chi connectivity index (χ0) is 21.6. The number of carbonyl (C=O) groups is 2. The van der Waals surface area contributed by atoms with Gasteiger partial charge < -0.3 is 23.7 Å². The van der Waals surface area contributed by atoms with Crippen molar-refractivity contribution in [1.82, 2.24) is 0 Å². The number of rotatable bonds is 9. The molecule has 0 aliphatic rings. The first kappa shape index (κ1) is 22.1. The quantitative estimate of drug-likeness (QED) is 0.590. The topological polar surface area (TPSA) is 80.3 Å². The zero-order valence-corrected chi connectivity index (χ0v) is 17.5.